The van der Waals surface area contributed by atoms with E-state index >= 15 is 0 Å². The molecule has 0 unspecified atom stereocenters. The van der Waals surface area contributed by atoms with E-state index in [1.165, 1.54) is 0 Å². The third kappa shape index (κ3) is 4.82. The van der Waals surface area contributed by atoms with Crippen molar-refractivity contribution in [2.75, 3.05) is 44.7 Å². The molecule has 0 radical (unpaired) electrons. The number of aromatic nitrogens is 2. The van der Waals surface area contributed by atoms with Crippen LogP contribution in [0.4, 0.5) is 5.69 Å². The summed E-state index contributed by atoms with van der Waals surface area (Å²) in [6.07, 6.45) is 2.74. The van der Waals surface area contributed by atoms with Crippen molar-refractivity contribution >= 4 is 5.69 Å². The van der Waals surface area contributed by atoms with Crippen molar-refractivity contribution in [3.05, 3.63) is 22.6 Å². The average Bonchev–Trinajstić information content (AvgIpc) is 2.45. The molecule has 0 aromatic carbocycles. The van der Waals surface area contributed by atoms with Gasteiger partial charge in [0.1, 0.15) is 0 Å². The van der Waals surface area contributed by atoms with E-state index in [9.17, 15) is 4.79 Å². The van der Waals surface area contributed by atoms with Crippen LogP contribution in [0.25, 0.3) is 0 Å². The quantitative estimate of drug-likeness (QED) is 0.769. The molecule has 0 saturated carbocycles. The molecule has 2 rings (SSSR count). The fraction of sp³-hybridized carbons (Fsp3) is 0.733. The molecule has 1 aliphatic heterocycles. The Morgan fingerprint density at radius 2 is 2.00 bits per heavy atom. The molecule has 2 heterocycles. The Labute approximate surface area is 126 Å². The smallest absolute Gasteiger partial charge is 0.268 e. The average molecular weight is 293 g/mol. The largest absolute Gasteiger partial charge is 0.368 e. The SMILES string of the molecule is CC(C)NCCCn1ncc(N2CCN(C)CC2)cc1=O. The highest BCUT2D eigenvalue weighted by Gasteiger charge is 2.15. The van der Waals surface area contributed by atoms with Gasteiger partial charge >= 0.3 is 0 Å². The van der Waals surface area contributed by atoms with E-state index in [1.54, 1.807) is 10.7 Å². The van der Waals surface area contributed by atoms with Crippen LogP contribution < -0.4 is 15.8 Å². The van der Waals surface area contributed by atoms with E-state index in [2.05, 4.69) is 41.1 Å². The number of piperazine rings is 1. The van der Waals surface area contributed by atoms with E-state index in [0.29, 0.717) is 12.6 Å². The van der Waals surface area contributed by atoms with Crippen LogP contribution >= 0.6 is 0 Å². The molecular formula is C15H27N5O. The highest BCUT2D eigenvalue weighted by Crippen LogP contribution is 2.12. The number of likely N-dealkylation sites (N-methyl/N-ethyl adjacent to an activating group) is 1. The molecule has 118 valence electrons. The van der Waals surface area contributed by atoms with Crippen molar-refractivity contribution in [1.29, 1.82) is 0 Å². The second-order valence-corrected chi connectivity index (χ2v) is 6.03. The Bertz CT molecular complexity index is 491. The maximum absolute atomic E-state index is 12.1. The van der Waals surface area contributed by atoms with Gasteiger partial charge in [-0.1, -0.05) is 13.8 Å². The minimum atomic E-state index is -0.00373. The lowest BCUT2D eigenvalue weighted by Crippen LogP contribution is -2.45. The number of nitrogens with one attached hydrogen (secondary N) is 1. The molecule has 0 amide bonds. The van der Waals surface area contributed by atoms with Crippen molar-refractivity contribution < 1.29 is 0 Å². The predicted octanol–water partition coefficient (Wildman–Crippen LogP) is 0.383. The zero-order valence-electron chi connectivity index (χ0n) is 13.4. The van der Waals surface area contributed by atoms with Gasteiger partial charge in [-0.3, -0.25) is 4.79 Å². The van der Waals surface area contributed by atoms with Crippen LogP contribution in [0.15, 0.2) is 17.1 Å². The zero-order valence-corrected chi connectivity index (χ0v) is 13.4. The van der Waals surface area contributed by atoms with E-state index < -0.39 is 0 Å². The van der Waals surface area contributed by atoms with Gasteiger partial charge in [-0.15, -0.1) is 0 Å². The second kappa shape index (κ2) is 7.56. The lowest BCUT2D eigenvalue weighted by Gasteiger charge is -2.33. The molecule has 6 nitrogen and oxygen atoms in total. The van der Waals surface area contributed by atoms with Gasteiger partial charge in [-0.25, -0.2) is 4.68 Å². The minimum absolute atomic E-state index is 0.00373. The summed E-state index contributed by atoms with van der Waals surface area (Å²) in [4.78, 5) is 16.7. The third-order valence-electron chi connectivity index (χ3n) is 3.82. The molecule has 1 fully saturated rings. The summed E-state index contributed by atoms with van der Waals surface area (Å²) in [5, 5.41) is 7.66. The molecule has 6 heteroatoms. The molecule has 1 saturated heterocycles. The van der Waals surface area contributed by atoms with Crippen molar-refractivity contribution in [2.45, 2.75) is 32.9 Å². The van der Waals surface area contributed by atoms with Gasteiger partial charge in [-0.2, -0.15) is 5.10 Å². The number of nitrogens with zero attached hydrogens (tertiary/aromatic N) is 4. The highest BCUT2D eigenvalue weighted by atomic mass is 16.1. The third-order valence-corrected chi connectivity index (χ3v) is 3.82. The summed E-state index contributed by atoms with van der Waals surface area (Å²) in [5.41, 5.74) is 0.945. The Morgan fingerprint density at radius 1 is 1.29 bits per heavy atom. The maximum Gasteiger partial charge on any atom is 0.268 e. The van der Waals surface area contributed by atoms with Crippen LogP contribution in [0.1, 0.15) is 20.3 Å². The van der Waals surface area contributed by atoms with Crippen LogP contribution in [0.2, 0.25) is 0 Å². The molecule has 0 aliphatic carbocycles. The van der Waals surface area contributed by atoms with E-state index in [0.717, 1.165) is 44.8 Å². The Morgan fingerprint density at radius 3 is 2.62 bits per heavy atom. The summed E-state index contributed by atoms with van der Waals surface area (Å²) in [6.45, 7) is 9.80. The van der Waals surface area contributed by atoms with E-state index in [1.807, 2.05) is 6.20 Å². The van der Waals surface area contributed by atoms with Gasteiger partial charge in [0.25, 0.3) is 5.56 Å². The monoisotopic (exact) mass is 293 g/mol. The van der Waals surface area contributed by atoms with E-state index in [4.69, 9.17) is 0 Å². The Balaban J connectivity index is 1.90. The second-order valence-electron chi connectivity index (χ2n) is 6.03. The lowest BCUT2D eigenvalue weighted by atomic mass is 10.3. The molecule has 1 aromatic rings. The van der Waals surface area contributed by atoms with Crippen LogP contribution in [-0.4, -0.2) is 60.5 Å². The van der Waals surface area contributed by atoms with Gasteiger partial charge in [-0.05, 0) is 20.0 Å². The van der Waals surface area contributed by atoms with E-state index in [-0.39, 0.29) is 5.56 Å². The zero-order chi connectivity index (χ0) is 15.2. The first kappa shape index (κ1) is 16.0. The number of aryl methyl sites for hydroxylation is 1. The maximum atomic E-state index is 12.1. The van der Waals surface area contributed by atoms with Gasteiger partial charge in [0.05, 0.1) is 11.9 Å². The molecule has 1 aromatic heterocycles. The van der Waals surface area contributed by atoms with Crippen LogP contribution in [0.3, 0.4) is 0 Å². The normalized spacial score (nSPS) is 16.7. The summed E-state index contributed by atoms with van der Waals surface area (Å²) < 4.78 is 1.56. The lowest BCUT2D eigenvalue weighted by molar-refractivity contribution is 0.312. The van der Waals surface area contributed by atoms with Gasteiger partial charge in [0.2, 0.25) is 0 Å². The number of anilines is 1. The van der Waals surface area contributed by atoms with Crippen molar-refractivity contribution in [3.63, 3.8) is 0 Å². The predicted molar refractivity (Wildman–Crippen MR) is 86.0 cm³/mol. The van der Waals surface area contributed by atoms with Crippen LogP contribution in [-0.2, 0) is 6.54 Å². The molecular weight excluding hydrogens is 266 g/mol. The Kier molecular flexibility index (Phi) is 5.76. The Hall–Kier alpha value is -1.40. The fourth-order valence-corrected chi connectivity index (χ4v) is 2.45. The minimum Gasteiger partial charge on any atom is -0.368 e. The van der Waals surface area contributed by atoms with Gasteiger partial charge < -0.3 is 15.1 Å². The molecule has 1 aliphatic rings. The number of hydrogen-bond acceptors (Lipinski definition) is 5. The topological polar surface area (TPSA) is 53.4 Å². The first-order valence-electron chi connectivity index (χ1n) is 7.80. The summed E-state index contributed by atoms with van der Waals surface area (Å²) in [6, 6.07) is 2.20. The first-order chi connectivity index (χ1) is 10.1. The van der Waals surface area contributed by atoms with Crippen LogP contribution in [0.5, 0.6) is 0 Å². The molecule has 0 spiro atoms. The molecule has 21 heavy (non-hydrogen) atoms. The van der Waals surface area contributed by atoms with Gasteiger partial charge in [0, 0.05) is 44.8 Å². The van der Waals surface area contributed by atoms with Crippen molar-refractivity contribution in [1.82, 2.24) is 20.0 Å². The van der Waals surface area contributed by atoms with Crippen molar-refractivity contribution in [2.24, 2.45) is 0 Å². The fourth-order valence-electron chi connectivity index (χ4n) is 2.45. The molecule has 0 atom stereocenters. The van der Waals surface area contributed by atoms with Gasteiger partial charge in [0.15, 0.2) is 0 Å². The highest BCUT2D eigenvalue weighted by molar-refractivity contribution is 5.43. The number of hydrogen-bond donors (Lipinski definition) is 1. The molecule has 0 bridgehead atoms. The summed E-state index contributed by atoms with van der Waals surface area (Å²) >= 11 is 0. The standard InChI is InChI=1S/C15H27N5O/c1-13(2)16-5-4-6-20-15(21)11-14(12-17-20)19-9-7-18(3)8-10-19/h11-13,16H,4-10H2,1-3H3. The summed E-state index contributed by atoms with van der Waals surface area (Å²) in [5.74, 6) is 0. The molecule has 1 N–H and O–H groups in total. The van der Waals surface area contributed by atoms with Crippen LogP contribution in [0, 0.1) is 0 Å². The van der Waals surface area contributed by atoms with Crippen molar-refractivity contribution in [3.8, 4) is 0 Å². The first-order valence-corrected chi connectivity index (χ1v) is 7.80. The summed E-state index contributed by atoms with van der Waals surface area (Å²) in [7, 11) is 2.12. The number of rotatable bonds is 6.